The summed E-state index contributed by atoms with van der Waals surface area (Å²) in [6, 6.07) is 21.5. The Kier molecular flexibility index (Phi) is 3.77. The number of rotatable bonds is 2. The van der Waals surface area contributed by atoms with E-state index in [1.165, 1.54) is 43.9 Å². The van der Waals surface area contributed by atoms with Crippen molar-refractivity contribution in [1.29, 1.82) is 0 Å². The molecule has 138 valence electrons. The van der Waals surface area contributed by atoms with Gasteiger partial charge in [-0.2, -0.15) is 0 Å². The number of benzene rings is 3. The average Bonchev–Trinajstić information content (AvgIpc) is 3.08. The van der Waals surface area contributed by atoms with E-state index in [0.29, 0.717) is 5.92 Å². The summed E-state index contributed by atoms with van der Waals surface area (Å²) < 4.78 is 8.67. The van der Waals surface area contributed by atoms with Crippen LogP contribution in [-0.4, -0.2) is 0 Å². The monoisotopic (exact) mass is 366 g/mol. The summed E-state index contributed by atoms with van der Waals surface area (Å²) in [5, 5.41) is 4.93. The minimum absolute atomic E-state index is 0.479. The van der Waals surface area contributed by atoms with E-state index in [2.05, 4.69) is 93.2 Å². The minimum Gasteiger partial charge on any atom is -0.455 e. The molecule has 0 atom stereocenters. The van der Waals surface area contributed by atoms with Crippen LogP contribution in [0.2, 0.25) is 0 Å². The molecule has 2 nitrogen and oxygen atoms in total. The number of aryl methyl sites for hydroxylation is 2. The number of hydrogen-bond donors (Lipinski definition) is 0. The van der Waals surface area contributed by atoms with Gasteiger partial charge >= 0.3 is 0 Å². The van der Waals surface area contributed by atoms with E-state index >= 15 is 0 Å². The first kappa shape index (κ1) is 17.0. The van der Waals surface area contributed by atoms with Gasteiger partial charge < -0.3 is 4.42 Å². The smallest absolute Gasteiger partial charge is 0.216 e. The first-order valence-electron chi connectivity index (χ1n) is 9.88. The van der Waals surface area contributed by atoms with Crippen molar-refractivity contribution in [2.75, 3.05) is 0 Å². The molecule has 0 unspecified atom stereocenters. The van der Waals surface area contributed by atoms with E-state index in [0.717, 1.165) is 11.2 Å². The largest absolute Gasteiger partial charge is 0.455 e. The lowest BCUT2D eigenvalue weighted by molar-refractivity contribution is -0.660. The summed E-state index contributed by atoms with van der Waals surface area (Å²) >= 11 is 0. The van der Waals surface area contributed by atoms with Crippen molar-refractivity contribution in [3.05, 3.63) is 78.0 Å². The molecule has 0 spiro atoms. The molecule has 2 heterocycles. The zero-order valence-corrected chi connectivity index (χ0v) is 16.8. The molecule has 0 bridgehead atoms. The summed E-state index contributed by atoms with van der Waals surface area (Å²) in [6.45, 7) is 6.69. The Bertz CT molecular complexity index is 1360. The number of aromatic nitrogens is 1. The fraction of sp³-hybridized carbons (Fsp3) is 0.192. The lowest BCUT2D eigenvalue weighted by atomic mass is 9.92. The maximum absolute atomic E-state index is 6.47. The van der Waals surface area contributed by atoms with E-state index in [4.69, 9.17) is 4.42 Å². The summed E-state index contributed by atoms with van der Waals surface area (Å²) in [7, 11) is 2.11. The summed E-state index contributed by atoms with van der Waals surface area (Å²) in [5.41, 5.74) is 6.91. The highest BCUT2D eigenvalue weighted by Crippen LogP contribution is 2.42. The molecular weight excluding hydrogens is 342 g/mol. The van der Waals surface area contributed by atoms with E-state index in [1.54, 1.807) is 0 Å². The molecule has 0 aliphatic rings. The van der Waals surface area contributed by atoms with Gasteiger partial charge in [-0.1, -0.05) is 56.3 Å². The quantitative estimate of drug-likeness (QED) is 0.319. The second-order valence-corrected chi connectivity index (χ2v) is 7.96. The van der Waals surface area contributed by atoms with Crippen LogP contribution in [0.25, 0.3) is 44.0 Å². The topological polar surface area (TPSA) is 17.0 Å². The summed E-state index contributed by atoms with van der Waals surface area (Å²) in [4.78, 5) is 0. The summed E-state index contributed by atoms with van der Waals surface area (Å²) in [6.07, 6.45) is 2.16. The maximum atomic E-state index is 6.47. The lowest BCUT2D eigenvalue weighted by Gasteiger charge is -2.12. The van der Waals surface area contributed by atoms with E-state index in [9.17, 15) is 0 Å². The molecule has 0 aliphatic heterocycles. The van der Waals surface area contributed by atoms with Gasteiger partial charge in [0.05, 0.1) is 5.56 Å². The van der Waals surface area contributed by atoms with E-state index < -0.39 is 0 Å². The Morgan fingerprint density at radius 1 is 0.857 bits per heavy atom. The molecule has 0 aliphatic carbocycles. The molecule has 3 aromatic carbocycles. The molecule has 2 heteroatoms. The van der Waals surface area contributed by atoms with Crippen molar-refractivity contribution in [3.63, 3.8) is 0 Å². The predicted molar refractivity (Wildman–Crippen MR) is 117 cm³/mol. The Morgan fingerprint density at radius 2 is 1.54 bits per heavy atom. The highest BCUT2D eigenvalue weighted by Gasteiger charge is 2.24. The molecule has 0 saturated heterocycles. The Morgan fingerprint density at radius 3 is 2.29 bits per heavy atom. The van der Waals surface area contributed by atoms with Crippen LogP contribution in [-0.2, 0) is 7.05 Å². The van der Waals surface area contributed by atoms with Gasteiger partial charge in [-0.25, -0.2) is 4.57 Å². The predicted octanol–water partition coefficient (Wildman–Crippen LogP) is 6.66. The van der Waals surface area contributed by atoms with Gasteiger partial charge in [0.15, 0.2) is 6.20 Å². The molecule has 0 amide bonds. The minimum atomic E-state index is 0.479. The van der Waals surface area contributed by atoms with Crippen LogP contribution in [0, 0.1) is 6.92 Å². The van der Waals surface area contributed by atoms with Gasteiger partial charge in [0.1, 0.15) is 18.2 Å². The van der Waals surface area contributed by atoms with Crippen LogP contribution in [0.3, 0.4) is 0 Å². The highest BCUT2D eigenvalue weighted by molar-refractivity contribution is 6.23. The Hall–Kier alpha value is -3.13. The van der Waals surface area contributed by atoms with E-state index in [-0.39, 0.29) is 0 Å². The zero-order valence-electron chi connectivity index (χ0n) is 16.8. The molecule has 28 heavy (non-hydrogen) atoms. The van der Waals surface area contributed by atoms with Crippen molar-refractivity contribution in [3.8, 4) is 11.3 Å². The fourth-order valence-corrected chi connectivity index (χ4v) is 4.32. The van der Waals surface area contributed by atoms with E-state index in [1.807, 2.05) is 6.07 Å². The average molecular weight is 366 g/mol. The summed E-state index contributed by atoms with van der Waals surface area (Å²) in [5.74, 6) is 0.479. The molecule has 5 rings (SSSR count). The van der Waals surface area contributed by atoms with Crippen molar-refractivity contribution < 1.29 is 8.98 Å². The number of furan rings is 1. The third-order valence-corrected chi connectivity index (χ3v) is 5.89. The highest BCUT2D eigenvalue weighted by atomic mass is 16.3. The number of nitrogens with zero attached hydrogens (tertiary/aromatic N) is 1. The first-order valence-corrected chi connectivity index (χ1v) is 9.88. The van der Waals surface area contributed by atoms with Gasteiger partial charge in [-0.15, -0.1) is 0 Å². The van der Waals surface area contributed by atoms with Gasteiger partial charge in [0.25, 0.3) is 0 Å². The number of hydrogen-bond acceptors (Lipinski definition) is 1. The number of para-hydroxylation sites is 1. The third kappa shape index (κ3) is 2.37. The van der Waals surface area contributed by atoms with Crippen LogP contribution in [0.4, 0.5) is 0 Å². The van der Waals surface area contributed by atoms with Crippen LogP contribution in [0.5, 0.6) is 0 Å². The van der Waals surface area contributed by atoms with Crippen LogP contribution in [0.1, 0.15) is 30.9 Å². The second-order valence-electron chi connectivity index (χ2n) is 7.96. The van der Waals surface area contributed by atoms with Crippen LogP contribution < -0.4 is 4.57 Å². The number of fused-ring (bicyclic) bond motifs is 5. The van der Waals surface area contributed by atoms with Crippen LogP contribution >= 0.6 is 0 Å². The normalized spacial score (nSPS) is 11.9. The van der Waals surface area contributed by atoms with Gasteiger partial charge in [-0.05, 0) is 40.8 Å². The molecule has 0 radical (unpaired) electrons. The van der Waals surface area contributed by atoms with Gasteiger partial charge in [0.2, 0.25) is 5.69 Å². The Labute approximate surface area is 165 Å². The van der Waals surface area contributed by atoms with Crippen molar-refractivity contribution in [1.82, 2.24) is 0 Å². The SMILES string of the molecule is Cc1c(-c2cc(C(C)C)cc[n+]2C)c2oc3ccccc3c2c2ccccc12. The van der Waals surface area contributed by atoms with Gasteiger partial charge in [-0.3, -0.25) is 0 Å². The molecule has 0 N–H and O–H groups in total. The first-order chi connectivity index (χ1) is 13.6. The lowest BCUT2D eigenvalue weighted by Crippen LogP contribution is -2.31. The molecule has 2 aromatic heterocycles. The molecule has 0 saturated carbocycles. The second kappa shape index (κ2) is 6.20. The standard InChI is InChI=1S/C26H24NO/c1-16(2)18-13-14-27(4)22(15-18)24-17(3)19-9-5-6-10-20(19)25-21-11-7-8-12-23(21)28-26(24)25/h5-16H,1-4H3/q+1. The number of pyridine rings is 1. The van der Waals surface area contributed by atoms with Crippen molar-refractivity contribution >= 4 is 32.7 Å². The molecule has 5 aromatic rings. The van der Waals surface area contributed by atoms with Crippen LogP contribution in [0.15, 0.2) is 71.3 Å². The zero-order chi connectivity index (χ0) is 19.4. The maximum Gasteiger partial charge on any atom is 0.216 e. The third-order valence-electron chi connectivity index (χ3n) is 5.89. The van der Waals surface area contributed by atoms with Crippen molar-refractivity contribution in [2.24, 2.45) is 7.05 Å². The Balaban J connectivity index is 2.02. The molecule has 0 fully saturated rings. The van der Waals surface area contributed by atoms with Crippen molar-refractivity contribution in [2.45, 2.75) is 26.7 Å². The van der Waals surface area contributed by atoms with Gasteiger partial charge in [0, 0.05) is 22.9 Å². The fourth-order valence-electron chi connectivity index (χ4n) is 4.32. The molecular formula is C26H24NO+.